The number of fused-ring (bicyclic) bond motifs is 3. The second kappa shape index (κ2) is 9.98. The molecule has 3 amide bonds. The summed E-state index contributed by atoms with van der Waals surface area (Å²) in [6, 6.07) is 12.2. The summed E-state index contributed by atoms with van der Waals surface area (Å²) in [6.45, 7) is -1.50. The van der Waals surface area contributed by atoms with Crippen molar-refractivity contribution in [3.8, 4) is 11.1 Å². The molecule has 2 atom stereocenters. The molecule has 1 aliphatic heterocycles. The predicted octanol–water partition coefficient (Wildman–Crippen LogP) is 2.80. The SMILES string of the molecule is CC(C(=O)NCC(F)(F)C(F)(F)F)C(=O)N[C@@H]1C(=O)N(CCO)c2ccccc2-c2ccccc21. The highest BCUT2D eigenvalue weighted by Crippen LogP contribution is 2.40. The maximum absolute atomic E-state index is 13.4. The number of alkyl halides is 5. The van der Waals surface area contributed by atoms with Gasteiger partial charge in [-0.25, -0.2) is 0 Å². The molecule has 2 aromatic rings. The molecule has 3 N–H and O–H groups in total. The highest BCUT2D eigenvalue weighted by molar-refractivity contribution is 6.08. The molecular weight excluding hydrogens is 477 g/mol. The summed E-state index contributed by atoms with van der Waals surface area (Å²) in [5.74, 6) is -9.90. The number of rotatable bonds is 7. The second-order valence-electron chi connectivity index (χ2n) is 7.90. The molecule has 0 spiro atoms. The van der Waals surface area contributed by atoms with Crippen LogP contribution in [0, 0.1) is 5.92 Å². The maximum atomic E-state index is 13.4. The molecule has 0 bridgehead atoms. The molecule has 188 valence electrons. The van der Waals surface area contributed by atoms with Crippen molar-refractivity contribution in [2.45, 2.75) is 25.1 Å². The number of hydrogen-bond acceptors (Lipinski definition) is 4. The van der Waals surface area contributed by atoms with E-state index in [0.29, 0.717) is 22.4 Å². The fourth-order valence-electron chi connectivity index (χ4n) is 3.65. The van der Waals surface area contributed by atoms with Gasteiger partial charge in [0.05, 0.1) is 18.8 Å². The molecule has 1 unspecified atom stereocenters. The lowest BCUT2D eigenvalue weighted by atomic mass is 9.95. The zero-order valence-electron chi connectivity index (χ0n) is 18.4. The van der Waals surface area contributed by atoms with Gasteiger partial charge in [-0.05, 0) is 24.1 Å². The van der Waals surface area contributed by atoms with Gasteiger partial charge in [-0.2, -0.15) is 22.0 Å². The van der Waals surface area contributed by atoms with Crippen LogP contribution in [-0.4, -0.2) is 54.6 Å². The van der Waals surface area contributed by atoms with Gasteiger partial charge in [0.15, 0.2) is 0 Å². The number of hydrogen-bond donors (Lipinski definition) is 3. The first kappa shape index (κ1) is 26.1. The molecule has 1 heterocycles. The highest BCUT2D eigenvalue weighted by Gasteiger charge is 2.57. The van der Waals surface area contributed by atoms with Crippen LogP contribution in [0.4, 0.5) is 27.6 Å². The lowest BCUT2D eigenvalue weighted by Crippen LogP contribution is -2.50. The smallest absolute Gasteiger partial charge is 0.395 e. The molecule has 0 saturated heterocycles. The molecule has 0 saturated carbocycles. The van der Waals surface area contributed by atoms with Gasteiger partial charge >= 0.3 is 12.1 Å². The van der Waals surface area contributed by atoms with Crippen LogP contribution in [-0.2, 0) is 14.4 Å². The number of aliphatic hydroxyl groups excluding tert-OH is 1. The molecule has 35 heavy (non-hydrogen) atoms. The van der Waals surface area contributed by atoms with E-state index in [1.54, 1.807) is 48.5 Å². The number of carbonyl (C=O) groups is 3. The zero-order valence-corrected chi connectivity index (χ0v) is 18.4. The maximum Gasteiger partial charge on any atom is 0.455 e. The van der Waals surface area contributed by atoms with E-state index in [2.05, 4.69) is 5.32 Å². The van der Waals surface area contributed by atoms with Crippen LogP contribution in [0.3, 0.4) is 0 Å². The number of β-amino-alcohol motifs (C(OH)–C–C–N with tert-alkyl or cyclic N) is 1. The summed E-state index contributed by atoms with van der Waals surface area (Å²) in [4.78, 5) is 39.6. The lowest BCUT2D eigenvalue weighted by Gasteiger charge is -2.27. The molecular formula is C23H22F5N3O4. The quantitative estimate of drug-likeness (QED) is 0.403. The van der Waals surface area contributed by atoms with Crippen molar-refractivity contribution in [3.63, 3.8) is 0 Å². The number of nitrogens with one attached hydrogen (secondary N) is 2. The van der Waals surface area contributed by atoms with E-state index < -0.39 is 48.3 Å². The van der Waals surface area contributed by atoms with Crippen molar-refractivity contribution in [1.82, 2.24) is 10.6 Å². The Balaban J connectivity index is 1.87. The van der Waals surface area contributed by atoms with Crippen LogP contribution in [0.2, 0.25) is 0 Å². The van der Waals surface area contributed by atoms with Gasteiger partial charge in [-0.3, -0.25) is 14.4 Å². The molecule has 7 nitrogen and oxygen atoms in total. The number of para-hydroxylation sites is 1. The Morgan fingerprint density at radius 1 is 1.00 bits per heavy atom. The van der Waals surface area contributed by atoms with Crippen LogP contribution in [0.15, 0.2) is 48.5 Å². The standard InChI is InChI=1S/C23H22F5N3O4/c1-13(19(33)29-12-22(24,25)23(26,27)28)20(34)30-18-16-8-3-2-6-14(16)15-7-4-5-9-17(15)31(10-11-32)21(18)35/h2-9,13,18,32H,10-12H2,1H3,(H,29,33)(H,30,34)/t13?,18-/m0/s1. The van der Waals surface area contributed by atoms with Gasteiger partial charge in [0.25, 0.3) is 5.91 Å². The molecule has 12 heteroatoms. The summed E-state index contributed by atoms with van der Waals surface area (Å²) >= 11 is 0. The monoisotopic (exact) mass is 499 g/mol. The summed E-state index contributed by atoms with van der Waals surface area (Å²) in [5, 5.41) is 13.4. The molecule has 0 fully saturated rings. The van der Waals surface area contributed by atoms with Crippen molar-refractivity contribution in [3.05, 3.63) is 54.1 Å². The van der Waals surface area contributed by atoms with Gasteiger partial charge in [-0.15, -0.1) is 0 Å². The third-order valence-corrected chi connectivity index (χ3v) is 5.57. The van der Waals surface area contributed by atoms with Crippen molar-refractivity contribution in [1.29, 1.82) is 0 Å². The minimum Gasteiger partial charge on any atom is -0.395 e. The van der Waals surface area contributed by atoms with Crippen molar-refractivity contribution < 1.29 is 41.4 Å². The Morgan fingerprint density at radius 2 is 1.60 bits per heavy atom. The predicted molar refractivity (Wildman–Crippen MR) is 115 cm³/mol. The van der Waals surface area contributed by atoms with Crippen LogP contribution in [0.25, 0.3) is 11.1 Å². The number of carbonyl (C=O) groups excluding carboxylic acids is 3. The van der Waals surface area contributed by atoms with E-state index in [1.165, 1.54) is 10.2 Å². The number of aliphatic hydroxyl groups is 1. The van der Waals surface area contributed by atoms with Crippen LogP contribution < -0.4 is 15.5 Å². The molecule has 0 aromatic heterocycles. The minimum atomic E-state index is -5.87. The van der Waals surface area contributed by atoms with Crippen molar-refractivity contribution >= 4 is 23.4 Å². The Hall–Kier alpha value is -3.54. The zero-order chi connectivity index (χ0) is 26.0. The number of nitrogens with zero attached hydrogens (tertiary/aromatic N) is 1. The fourth-order valence-corrected chi connectivity index (χ4v) is 3.65. The van der Waals surface area contributed by atoms with E-state index in [0.717, 1.165) is 6.92 Å². The Labute approximate surface area is 196 Å². The van der Waals surface area contributed by atoms with Crippen molar-refractivity contribution in [2.24, 2.45) is 5.92 Å². The summed E-state index contributed by atoms with van der Waals surface area (Å²) < 4.78 is 63.3. The Bertz CT molecular complexity index is 1120. The third-order valence-electron chi connectivity index (χ3n) is 5.57. The lowest BCUT2D eigenvalue weighted by molar-refractivity contribution is -0.278. The first-order chi connectivity index (χ1) is 16.4. The summed E-state index contributed by atoms with van der Waals surface area (Å²) in [5.41, 5.74) is 2.12. The minimum absolute atomic E-state index is 0.0984. The highest BCUT2D eigenvalue weighted by atomic mass is 19.4. The molecule has 3 rings (SSSR count). The number of anilines is 1. The first-order valence-electron chi connectivity index (χ1n) is 10.5. The third kappa shape index (κ3) is 5.26. The van der Waals surface area contributed by atoms with E-state index in [1.807, 2.05) is 0 Å². The van der Waals surface area contributed by atoms with Gasteiger partial charge < -0.3 is 20.6 Å². The van der Waals surface area contributed by atoms with Crippen molar-refractivity contribution in [2.75, 3.05) is 24.6 Å². The van der Waals surface area contributed by atoms with E-state index >= 15 is 0 Å². The number of amides is 3. The van der Waals surface area contributed by atoms with Gasteiger partial charge in [-0.1, -0.05) is 42.5 Å². The average Bonchev–Trinajstić information content (AvgIpc) is 2.91. The van der Waals surface area contributed by atoms with Crippen LogP contribution in [0.1, 0.15) is 18.5 Å². The number of benzene rings is 2. The summed E-state index contributed by atoms with van der Waals surface area (Å²) in [6.07, 6.45) is -5.87. The van der Waals surface area contributed by atoms with Crippen LogP contribution in [0.5, 0.6) is 0 Å². The fraction of sp³-hybridized carbons (Fsp3) is 0.348. The number of halogens is 5. The second-order valence-corrected chi connectivity index (χ2v) is 7.90. The average molecular weight is 499 g/mol. The van der Waals surface area contributed by atoms with Crippen LogP contribution >= 0.6 is 0 Å². The van der Waals surface area contributed by atoms with E-state index in [9.17, 15) is 41.4 Å². The molecule has 0 radical (unpaired) electrons. The van der Waals surface area contributed by atoms with Gasteiger partial charge in [0.2, 0.25) is 11.8 Å². The van der Waals surface area contributed by atoms with Gasteiger partial charge in [0.1, 0.15) is 12.0 Å². The molecule has 1 aliphatic rings. The normalized spacial score (nSPS) is 16.6. The Kier molecular flexibility index (Phi) is 7.44. The van der Waals surface area contributed by atoms with E-state index in [4.69, 9.17) is 0 Å². The topological polar surface area (TPSA) is 98.7 Å². The largest absolute Gasteiger partial charge is 0.455 e. The van der Waals surface area contributed by atoms with Gasteiger partial charge in [0, 0.05) is 12.1 Å². The van der Waals surface area contributed by atoms with E-state index in [-0.39, 0.29) is 13.2 Å². The molecule has 0 aliphatic carbocycles. The summed E-state index contributed by atoms with van der Waals surface area (Å²) in [7, 11) is 0. The molecule has 2 aromatic carbocycles. The Morgan fingerprint density at radius 3 is 2.23 bits per heavy atom. The first-order valence-corrected chi connectivity index (χ1v) is 10.5.